The fraction of sp³-hybridized carbons (Fsp3) is 0.231. The highest BCUT2D eigenvalue weighted by atomic mass is 16.5. The second kappa shape index (κ2) is 5.83. The minimum Gasteiger partial charge on any atom is -0.477 e. The Balaban J connectivity index is 1.26. The Morgan fingerprint density at radius 3 is 1.78 bits per heavy atom. The predicted octanol–water partition coefficient (Wildman–Crippen LogP) is 0.410. The molecule has 116 valence electrons. The van der Waals surface area contributed by atoms with Gasteiger partial charge in [0.2, 0.25) is 11.8 Å². The fourth-order valence-corrected chi connectivity index (χ4v) is 1.99. The van der Waals surface area contributed by atoms with Crippen LogP contribution in [0.1, 0.15) is 6.42 Å². The van der Waals surface area contributed by atoms with Gasteiger partial charge in [0.05, 0.1) is 13.2 Å². The fourth-order valence-electron chi connectivity index (χ4n) is 1.99. The first-order valence-electron chi connectivity index (χ1n) is 6.98. The van der Waals surface area contributed by atoms with Gasteiger partial charge in [-0.15, -0.1) is 30.6 Å². The molecule has 4 aromatic rings. The van der Waals surface area contributed by atoms with Gasteiger partial charge in [-0.3, -0.25) is 0 Å². The van der Waals surface area contributed by atoms with Crippen LogP contribution < -0.4 is 9.47 Å². The van der Waals surface area contributed by atoms with Crippen LogP contribution in [0.4, 0.5) is 0 Å². The molecule has 0 saturated heterocycles. The van der Waals surface area contributed by atoms with E-state index in [2.05, 4.69) is 30.6 Å². The summed E-state index contributed by atoms with van der Waals surface area (Å²) in [5, 5.41) is 23.7. The Labute approximate surface area is 129 Å². The van der Waals surface area contributed by atoms with Crippen LogP contribution in [0, 0.1) is 0 Å². The number of fused-ring (bicyclic) bond motifs is 2. The van der Waals surface area contributed by atoms with Gasteiger partial charge in [-0.2, -0.15) is 9.03 Å². The quantitative estimate of drug-likeness (QED) is 0.471. The highest BCUT2D eigenvalue weighted by Gasteiger charge is 2.02. The zero-order valence-electron chi connectivity index (χ0n) is 12.0. The molecule has 0 saturated carbocycles. The van der Waals surface area contributed by atoms with Gasteiger partial charge in [0.1, 0.15) is 12.7 Å². The molecule has 0 atom stereocenters. The van der Waals surface area contributed by atoms with Crippen molar-refractivity contribution in [2.24, 2.45) is 0 Å². The van der Waals surface area contributed by atoms with E-state index in [9.17, 15) is 0 Å². The molecule has 0 aliphatic carbocycles. The van der Waals surface area contributed by atoms with E-state index >= 15 is 0 Å². The summed E-state index contributed by atoms with van der Waals surface area (Å²) in [4.78, 5) is 0. The van der Waals surface area contributed by atoms with Crippen LogP contribution in [0.5, 0.6) is 11.8 Å². The summed E-state index contributed by atoms with van der Waals surface area (Å²) < 4.78 is 14.3. The van der Waals surface area contributed by atoms with Crippen molar-refractivity contribution < 1.29 is 9.47 Å². The molecule has 0 aliphatic rings. The molecule has 0 spiro atoms. The van der Waals surface area contributed by atoms with Crippen molar-refractivity contribution in [3.8, 4) is 11.8 Å². The van der Waals surface area contributed by atoms with Gasteiger partial charge < -0.3 is 9.47 Å². The smallest absolute Gasteiger partial charge is 0.231 e. The van der Waals surface area contributed by atoms with Gasteiger partial charge in [-0.05, 0) is 12.1 Å². The molecule has 10 nitrogen and oxygen atoms in total. The Bertz CT molecular complexity index is 858. The lowest BCUT2D eigenvalue weighted by molar-refractivity contribution is 0.234. The molecule has 0 unspecified atom stereocenters. The molecule has 10 heteroatoms. The van der Waals surface area contributed by atoms with E-state index in [1.54, 1.807) is 33.3 Å². The van der Waals surface area contributed by atoms with E-state index in [1.807, 2.05) is 0 Å². The average molecular weight is 312 g/mol. The number of nitrogens with zero attached hydrogens (tertiary/aromatic N) is 8. The standard InChI is InChI=1S/C13H12N8O2/c1(6-22-12-4-2-10-16-14-8-20(10)18-12)7-23-13-5-3-11-17-15-9-21(11)19-13/h2-5,8-9H,1,6-7H2. The van der Waals surface area contributed by atoms with Crippen molar-refractivity contribution in [2.75, 3.05) is 13.2 Å². The Morgan fingerprint density at radius 2 is 1.26 bits per heavy atom. The monoisotopic (exact) mass is 312 g/mol. The first kappa shape index (κ1) is 13.4. The third kappa shape index (κ3) is 2.86. The summed E-state index contributed by atoms with van der Waals surface area (Å²) in [6.07, 6.45) is 3.75. The predicted molar refractivity (Wildman–Crippen MR) is 77.2 cm³/mol. The summed E-state index contributed by atoms with van der Waals surface area (Å²) in [6, 6.07) is 7.10. The molecule has 0 amide bonds. The van der Waals surface area contributed by atoms with Crippen molar-refractivity contribution in [3.05, 3.63) is 36.9 Å². The van der Waals surface area contributed by atoms with Crippen LogP contribution in [0.3, 0.4) is 0 Å². The summed E-state index contributed by atoms with van der Waals surface area (Å²) >= 11 is 0. The summed E-state index contributed by atoms with van der Waals surface area (Å²) in [7, 11) is 0. The molecule has 0 radical (unpaired) electrons. The van der Waals surface area contributed by atoms with E-state index in [1.165, 1.54) is 12.7 Å². The highest BCUT2D eigenvalue weighted by molar-refractivity contribution is 5.36. The zero-order valence-corrected chi connectivity index (χ0v) is 12.0. The zero-order chi connectivity index (χ0) is 15.5. The van der Waals surface area contributed by atoms with Crippen molar-refractivity contribution in [3.63, 3.8) is 0 Å². The Hall–Kier alpha value is -3.30. The first-order chi connectivity index (χ1) is 11.4. The largest absolute Gasteiger partial charge is 0.477 e. The lowest BCUT2D eigenvalue weighted by Gasteiger charge is -2.06. The number of rotatable bonds is 6. The number of hydrogen-bond acceptors (Lipinski definition) is 8. The molecule has 0 N–H and O–H groups in total. The number of hydrogen-bond donors (Lipinski definition) is 0. The third-order valence-electron chi connectivity index (χ3n) is 3.06. The lowest BCUT2D eigenvalue weighted by atomic mass is 10.5. The van der Waals surface area contributed by atoms with Gasteiger partial charge in [0.25, 0.3) is 0 Å². The Kier molecular flexibility index (Phi) is 3.39. The minimum absolute atomic E-state index is 0.482. The average Bonchev–Trinajstić information content (AvgIpc) is 3.22. The van der Waals surface area contributed by atoms with Gasteiger partial charge in [0.15, 0.2) is 11.3 Å². The van der Waals surface area contributed by atoms with Crippen molar-refractivity contribution >= 4 is 11.3 Å². The number of aromatic nitrogens is 8. The van der Waals surface area contributed by atoms with Gasteiger partial charge >= 0.3 is 0 Å². The molecule has 0 fully saturated rings. The lowest BCUT2D eigenvalue weighted by Crippen LogP contribution is -2.08. The maximum atomic E-state index is 5.57. The second-order valence-corrected chi connectivity index (χ2v) is 4.66. The van der Waals surface area contributed by atoms with Gasteiger partial charge in [-0.25, -0.2) is 0 Å². The molecule has 0 aromatic carbocycles. The summed E-state index contributed by atoms with van der Waals surface area (Å²) in [5.74, 6) is 1.03. The first-order valence-corrected chi connectivity index (χ1v) is 6.98. The van der Waals surface area contributed by atoms with E-state index in [-0.39, 0.29) is 0 Å². The Morgan fingerprint density at radius 1 is 0.739 bits per heavy atom. The van der Waals surface area contributed by atoms with E-state index in [0.717, 1.165) is 0 Å². The SMILES string of the molecule is c1cc2nncn2nc1OCCCOc1ccc2nncn2n1. The molecule has 4 rings (SSSR count). The van der Waals surface area contributed by atoms with E-state index in [0.29, 0.717) is 42.7 Å². The molecule has 23 heavy (non-hydrogen) atoms. The van der Waals surface area contributed by atoms with Crippen LogP contribution >= 0.6 is 0 Å². The van der Waals surface area contributed by atoms with Crippen LogP contribution in [0.15, 0.2) is 36.9 Å². The normalized spacial score (nSPS) is 11.1. The van der Waals surface area contributed by atoms with Crippen LogP contribution in [-0.4, -0.2) is 52.8 Å². The van der Waals surface area contributed by atoms with Crippen LogP contribution in [0.25, 0.3) is 11.3 Å². The molecule has 0 bridgehead atoms. The highest BCUT2D eigenvalue weighted by Crippen LogP contribution is 2.09. The van der Waals surface area contributed by atoms with Crippen molar-refractivity contribution in [1.82, 2.24) is 39.6 Å². The third-order valence-corrected chi connectivity index (χ3v) is 3.06. The van der Waals surface area contributed by atoms with E-state index < -0.39 is 0 Å². The maximum Gasteiger partial charge on any atom is 0.231 e. The summed E-state index contributed by atoms with van der Waals surface area (Å²) in [5.41, 5.74) is 1.35. The molecule has 0 aliphatic heterocycles. The molecular formula is C13H12N8O2. The number of ether oxygens (including phenoxy) is 2. The summed E-state index contributed by atoms with van der Waals surface area (Å²) in [6.45, 7) is 0.963. The minimum atomic E-state index is 0.482. The van der Waals surface area contributed by atoms with Crippen molar-refractivity contribution in [1.29, 1.82) is 0 Å². The molecule has 4 aromatic heterocycles. The maximum absolute atomic E-state index is 5.57. The van der Waals surface area contributed by atoms with Gasteiger partial charge in [-0.1, -0.05) is 0 Å². The molecular weight excluding hydrogens is 300 g/mol. The van der Waals surface area contributed by atoms with Gasteiger partial charge in [0, 0.05) is 18.6 Å². The molecule has 4 heterocycles. The van der Waals surface area contributed by atoms with Crippen molar-refractivity contribution in [2.45, 2.75) is 6.42 Å². The van der Waals surface area contributed by atoms with Crippen LogP contribution in [-0.2, 0) is 0 Å². The van der Waals surface area contributed by atoms with Crippen LogP contribution in [0.2, 0.25) is 0 Å². The van der Waals surface area contributed by atoms with E-state index in [4.69, 9.17) is 9.47 Å². The topological polar surface area (TPSA) is 105 Å². The second-order valence-electron chi connectivity index (χ2n) is 4.66.